The number of anilines is 2. The van der Waals surface area contributed by atoms with Crippen LogP contribution in [0.2, 0.25) is 0 Å². The summed E-state index contributed by atoms with van der Waals surface area (Å²) in [6, 6.07) is 14.5. The average molecular weight is 362 g/mol. The minimum atomic E-state index is -4.74. The van der Waals surface area contributed by atoms with Gasteiger partial charge in [-0.25, -0.2) is 0 Å². The third kappa shape index (κ3) is 4.19. The van der Waals surface area contributed by atoms with Gasteiger partial charge in [0.15, 0.2) is 0 Å². The van der Waals surface area contributed by atoms with E-state index >= 15 is 0 Å². The molecule has 6 heteroatoms. The van der Waals surface area contributed by atoms with Crippen LogP contribution in [0.1, 0.15) is 17.5 Å². The number of nitrogens with zero attached hydrogens (tertiary/aromatic N) is 2. The van der Waals surface area contributed by atoms with Crippen molar-refractivity contribution in [1.29, 1.82) is 0 Å². The van der Waals surface area contributed by atoms with E-state index in [1.165, 1.54) is 6.08 Å². The van der Waals surface area contributed by atoms with Crippen LogP contribution in [-0.2, 0) is 4.74 Å². The van der Waals surface area contributed by atoms with Gasteiger partial charge >= 0.3 is 6.36 Å². The zero-order valence-electron chi connectivity index (χ0n) is 14.8. The van der Waals surface area contributed by atoms with Gasteiger partial charge in [-0.3, -0.25) is 0 Å². The molecule has 2 aromatic rings. The Bertz CT molecular complexity index is 800. The number of ether oxygens (including phenoxy) is 1. The van der Waals surface area contributed by atoms with Gasteiger partial charge in [-0.1, -0.05) is 30.3 Å². The zero-order valence-corrected chi connectivity index (χ0v) is 14.8. The van der Waals surface area contributed by atoms with Gasteiger partial charge in [-0.2, -0.15) is 0 Å². The van der Waals surface area contributed by atoms with Gasteiger partial charge in [-0.05, 0) is 51.3 Å². The molecule has 0 amide bonds. The van der Waals surface area contributed by atoms with Crippen molar-refractivity contribution in [1.82, 2.24) is 4.90 Å². The van der Waals surface area contributed by atoms with E-state index in [4.69, 9.17) is 0 Å². The van der Waals surface area contributed by atoms with Gasteiger partial charge in [0.1, 0.15) is 5.76 Å². The Morgan fingerprint density at radius 1 is 0.962 bits per heavy atom. The summed E-state index contributed by atoms with van der Waals surface area (Å²) in [5.41, 5.74) is 2.73. The van der Waals surface area contributed by atoms with Gasteiger partial charge in [0.2, 0.25) is 0 Å². The highest BCUT2D eigenvalue weighted by Gasteiger charge is 2.34. The number of hydrogen-bond acceptors (Lipinski definition) is 3. The van der Waals surface area contributed by atoms with E-state index < -0.39 is 6.36 Å². The molecule has 1 aliphatic rings. The van der Waals surface area contributed by atoms with Crippen molar-refractivity contribution < 1.29 is 17.9 Å². The van der Waals surface area contributed by atoms with E-state index in [-0.39, 0.29) is 5.76 Å². The second-order valence-electron chi connectivity index (χ2n) is 6.44. The summed E-state index contributed by atoms with van der Waals surface area (Å²) < 4.78 is 43.2. The van der Waals surface area contributed by atoms with Gasteiger partial charge in [0, 0.05) is 23.4 Å². The molecule has 1 aliphatic heterocycles. The molecular weight excluding hydrogens is 341 g/mol. The number of alkyl halides is 3. The van der Waals surface area contributed by atoms with Crippen LogP contribution in [-0.4, -0.2) is 38.4 Å². The molecule has 0 radical (unpaired) electrons. The average Bonchev–Trinajstić information content (AvgIpc) is 2.69. The maximum atomic E-state index is 12.9. The van der Waals surface area contributed by atoms with E-state index in [0.717, 1.165) is 18.7 Å². The van der Waals surface area contributed by atoms with E-state index in [0.29, 0.717) is 23.4 Å². The molecule has 3 rings (SSSR count). The van der Waals surface area contributed by atoms with E-state index in [1.54, 1.807) is 18.2 Å². The minimum absolute atomic E-state index is 0.185. The quantitative estimate of drug-likeness (QED) is 0.734. The Kier molecular flexibility index (Phi) is 5.23. The van der Waals surface area contributed by atoms with Gasteiger partial charge in [0.25, 0.3) is 0 Å². The highest BCUT2D eigenvalue weighted by atomic mass is 19.4. The summed E-state index contributed by atoms with van der Waals surface area (Å²) in [5.74, 6) is -0.185. The van der Waals surface area contributed by atoms with Crippen LogP contribution >= 0.6 is 0 Å². The smallest absolute Gasteiger partial charge is 0.405 e. The minimum Gasteiger partial charge on any atom is -0.405 e. The summed E-state index contributed by atoms with van der Waals surface area (Å²) in [6.07, 6.45) is -2.40. The Morgan fingerprint density at radius 2 is 1.62 bits per heavy atom. The van der Waals surface area contributed by atoms with Crippen molar-refractivity contribution in [2.24, 2.45) is 0 Å². The van der Waals surface area contributed by atoms with E-state index in [1.807, 2.05) is 44.4 Å². The van der Waals surface area contributed by atoms with Crippen molar-refractivity contribution in [3.63, 3.8) is 0 Å². The first kappa shape index (κ1) is 18.3. The van der Waals surface area contributed by atoms with Crippen LogP contribution in [0.25, 0.3) is 11.8 Å². The first-order chi connectivity index (χ1) is 12.3. The summed E-state index contributed by atoms with van der Waals surface area (Å²) in [7, 11) is 4.00. The molecule has 0 spiro atoms. The molecule has 0 bridgehead atoms. The highest BCUT2D eigenvalue weighted by molar-refractivity contribution is 5.92. The standard InChI is InChI=1S/C20H21F3N2O/c1-24(2)12-7-13-25-17-10-5-3-8-15(17)14-19(26-20(21,22)23)16-9-4-6-11-18(16)25/h3-6,8-11,14H,7,12-13H2,1-2H3. The van der Waals surface area contributed by atoms with Crippen LogP contribution in [0.3, 0.4) is 0 Å². The van der Waals surface area contributed by atoms with Crippen molar-refractivity contribution >= 4 is 23.2 Å². The van der Waals surface area contributed by atoms with Crippen LogP contribution < -0.4 is 4.90 Å². The molecule has 0 aromatic heterocycles. The SMILES string of the molecule is CN(C)CCCN1c2ccccc2C=C(OC(F)(F)F)c2ccccc21. The first-order valence-corrected chi connectivity index (χ1v) is 8.43. The molecule has 0 unspecified atom stereocenters. The topological polar surface area (TPSA) is 15.7 Å². The fraction of sp³-hybridized carbons (Fsp3) is 0.300. The third-order valence-corrected chi connectivity index (χ3v) is 4.19. The van der Waals surface area contributed by atoms with Gasteiger partial charge < -0.3 is 14.5 Å². The molecule has 0 atom stereocenters. The third-order valence-electron chi connectivity index (χ3n) is 4.19. The summed E-state index contributed by atoms with van der Waals surface area (Å²) in [5, 5.41) is 0. The molecule has 0 N–H and O–H groups in total. The second kappa shape index (κ2) is 7.41. The lowest BCUT2D eigenvalue weighted by Crippen LogP contribution is -2.24. The van der Waals surface area contributed by atoms with E-state index in [2.05, 4.69) is 14.5 Å². The molecule has 138 valence electrons. The monoisotopic (exact) mass is 362 g/mol. The molecule has 0 saturated heterocycles. The second-order valence-corrected chi connectivity index (χ2v) is 6.44. The molecule has 1 heterocycles. The fourth-order valence-electron chi connectivity index (χ4n) is 3.12. The number of fused-ring (bicyclic) bond motifs is 2. The van der Waals surface area contributed by atoms with Crippen LogP contribution in [0.4, 0.5) is 24.5 Å². The lowest BCUT2D eigenvalue weighted by atomic mass is 10.1. The Labute approximate surface area is 151 Å². The Balaban J connectivity index is 2.08. The van der Waals surface area contributed by atoms with Crippen molar-refractivity contribution in [3.05, 3.63) is 59.7 Å². The van der Waals surface area contributed by atoms with Crippen LogP contribution in [0.15, 0.2) is 48.5 Å². The lowest BCUT2D eigenvalue weighted by Gasteiger charge is -2.27. The normalized spacial score (nSPS) is 13.8. The van der Waals surface area contributed by atoms with Crippen molar-refractivity contribution in [2.75, 3.05) is 32.1 Å². The molecule has 0 saturated carbocycles. The Morgan fingerprint density at radius 3 is 2.31 bits per heavy atom. The summed E-state index contributed by atoms with van der Waals surface area (Å²) >= 11 is 0. The number of halogens is 3. The maximum absolute atomic E-state index is 12.9. The van der Waals surface area contributed by atoms with Crippen molar-refractivity contribution in [2.45, 2.75) is 12.8 Å². The van der Waals surface area contributed by atoms with Crippen molar-refractivity contribution in [3.8, 4) is 0 Å². The van der Waals surface area contributed by atoms with Crippen LogP contribution in [0, 0.1) is 0 Å². The van der Waals surface area contributed by atoms with Gasteiger partial charge in [-0.15, -0.1) is 13.2 Å². The molecular formula is C20H21F3N2O. The van der Waals surface area contributed by atoms with E-state index in [9.17, 15) is 13.2 Å². The molecule has 3 nitrogen and oxygen atoms in total. The lowest BCUT2D eigenvalue weighted by molar-refractivity contribution is -0.290. The number of rotatable bonds is 5. The predicted octanol–water partition coefficient (Wildman–Crippen LogP) is 5.12. The number of para-hydroxylation sites is 2. The number of benzene rings is 2. The predicted molar refractivity (Wildman–Crippen MR) is 98.1 cm³/mol. The molecule has 0 fully saturated rings. The molecule has 2 aromatic carbocycles. The summed E-state index contributed by atoms with van der Waals surface area (Å²) in [6.45, 7) is 1.58. The zero-order chi connectivity index (χ0) is 18.7. The maximum Gasteiger partial charge on any atom is 0.573 e. The largest absolute Gasteiger partial charge is 0.573 e. The molecule has 26 heavy (non-hydrogen) atoms. The number of hydrogen-bond donors (Lipinski definition) is 0. The Hall–Kier alpha value is -2.47. The first-order valence-electron chi connectivity index (χ1n) is 8.43. The summed E-state index contributed by atoms with van der Waals surface area (Å²) in [4.78, 5) is 4.16. The highest BCUT2D eigenvalue weighted by Crippen LogP contribution is 2.41. The van der Waals surface area contributed by atoms with Gasteiger partial charge in [0.05, 0.1) is 5.69 Å². The fourth-order valence-corrected chi connectivity index (χ4v) is 3.12. The van der Waals surface area contributed by atoms with Crippen LogP contribution in [0.5, 0.6) is 0 Å². The molecule has 0 aliphatic carbocycles.